The van der Waals surface area contributed by atoms with Crippen molar-refractivity contribution in [2.45, 2.75) is 26.2 Å². The minimum absolute atomic E-state index is 0.228. The lowest BCUT2D eigenvalue weighted by Crippen LogP contribution is -2.04. The van der Waals surface area contributed by atoms with Crippen molar-refractivity contribution >= 4 is 11.6 Å². The molecule has 6 heteroatoms. The molecule has 3 rings (SSSR count). The smallest absolute Gasteiger partial charge is 0.229 e. The van der Waals surface area contributed by atoms with Crippen LogP contribution in [0, 0.1) is 0 Å². The summed E-state index contributed by atoms with van der Waals surface area (Å²) in [4.78, 5) is 0. The molecule has 0 N–H and O–H groups in total. The summed E-state index contributed by atoms with van der Waals surface area (Å²) >= 11 is 6.16. The quantitative estimate of drug-likeness (QED) is 0.853. The van der Waals surface area contributed by atoms with Gasteiger partial charge in [0.1, 0.15) is 5.82 Å². The van der Waals surface area contributed by atoms with Crippen LogP contribution in [0.3, 0.4) is 0 Å². The summed E-state index contributed by atoms with van der Waals surface area (Å²) in [6.07, 6.45) is 0.884. The first-order valence-electron chi connectivity index (χ1n) is 6.67. The van der Waals surface area contributed by atoms with Crippen LogP contribution in [0.1, 0.15) is 32.0 Å². The number of rotatable bonds is 2. The van der Waals surface area contributed by atoms with E-state index in [9.17, 15) is 0 Å². The molecule has 0 bridgehead atoms. The van der Waals surface area contributed by atoms with E-state index in [0.29, 0.717) is 18.5 Å². The van der Waals surface area contributed by atoms with Gasteiger partial charge in [-0.2, -0.15) is 0 Å². The molecule has 5 nitrogen and oxygen atoms in total. The Morgan fingerprint density at radius 2 is 1.90 bits per heavy atom. The van der Waals surface area contributed by atoms with Crippen LogP contribution in [0.4, 0.5) is 0 Å². The van der Waals surface area contributed by atoms with Crippen molar-refractivity contribution in [1.82, 2.24) is 14.8 Å². The van der Waals surface area contributed by atoms with Crippen molar-refractivity contribution in [2.24, 2.45) is 0 Å². The second-order valence-electron chi connectivity index (χ2n) is 5.00. The fourth-order valence-electron chi connectivity index (χ4n) is 2.18. The van der Waals surface area contributed by atoms with Gasteiger partial charge in [-0.1, -0.05) is 13.8 Å². The maximum absolute atomic E-state index is 6.16. The Morgan fingerprint density at radius 3 is 2.65 bits per heavy atom. The lowest BCUT2D eigenvalue weighted by molar-refractivity contribution is 0.297. The molecule has 106 valence electrons. The highest BCUT2D eigenvalue weighted by molar-refractivity contribution is 6.28. The molecule has 0 fully saturated rings. The van der Waals surface area contributed by atoms with E-state index in [1.165, 1.54) is 0 Å². The molecule has 2 heterocycles. The van der Waals surface area contributed by atoms with Crippen LogP contribution in [0.2, 0.25) is 5.28 Å². The molecule has 1 aromatic carbocycles. The fourth-order valence-corrected chi connectivity index (χ4v) is 2.40. The molecule has 2 aromatic rings. The molecular formula is C14H16ClN3O2. The first-order valence-corrected chi connectivity index (χ1v) is 7.05. The van der Waals surface area contributed by atoms with Crippen LogP contribution in [-0.2, 0) is 0 Å². The lowest BCUT2D eigenvalue weighted by atomic mass is 10.2. The number of nitrogens with zero attached hydrogens (tertiary/aromatic N) is 3. The molecule has 0 atom stereocenters. The number of ether oxygens (including phenoxy) is 2. The third-order valence-corrected chi connectivity index (χ3v) is 3.40. The summed E-state index contributed by atoms with van der Waals surface area (Å²) in [5, 5.41) is 8.43. The van der Waals surface area contributed by atoms with Crippen molar-refractivity contribution in [1.29, 1.82) is 0 Å². The summed E-state index contributed by atoms with van der Waals surface area (Å²) in [7, 11) is 0. The van der Waals surface area contributed by atoms with Gasteiger partial charge in [0.2, 0.25) is 5.28 Å². The van der Waals surface area contributed by atoms with E-state index in [1.54, 1.807) is 0 Å². The van der Waals surface area contributed by atoms with Crippen LogP contribution in [0.15, 0.2) is 18.2 Å². The van der Waals surface area contributed by atoms with E-state index in [4.69, 9.17) is 21.1 Å². The van der Waals surface area contributed by atoms with E-state index in [0.717, 1.165) is 29.4 Å². The Labute approximate surface area is 122 Å². The van der Waals surface area contributed by atoms with Gasteiger partial charge >= 0.3 is 0 Å². The molecule has 0 radical (unpaired) electrons. The summed E-state index contributed by atoms with van der Waals surface area (Å²) in [6, 6.07) is 5.76. The number of aromatic nitrogens is 3. The van der Waals surface area contributed by atoms with Crippen LogP contribution >= 0.6 is 11.6 Å². The molecule has 0 aliphatic carbocycles. The predicted molar refractivity (Wildman–Crippen MR) is 76.1 cm³/mol. The molecule has 1 aliphatic heterocycles. The highest BCUT2D eigenvalue weighted by Gasteiger charge is 2.17. The SMILES string of the molecule is CC(C)c1nnc(Cl)n1-c1ccc2c(c1)OCCCO2. The van der Waals surface area contributed by atoms with Gasteiger partial charge in [0.15, 0.2) is 11.5 Å². The molecule has 0 saturated heterocycles. The maximum Gasteiger partial charge on any atom is 0.229 e. The number of benzene rings is 1. The molecule has 0 saturated carbocycles. The standard InChI is InChI=1S/C14H16ClN3O2/c1-9(2)13-16-17-14(15)18(13)10-4-5-11-12(8-10)20-7-3-6-19-11/h4-5,8-9H,3,6-7H2,1-2H3. The van der Waals surface area contributed by atoms with Crippen LogP contribution < -0.4 is 9.47 Å². The van der Waals surface area contributed by atoms with E-state index in [-0.39, 0.29) is 5.92 Å². The van der Waals surface area contributed by atoms with Crippen molar-refractivity contribution in [3.63, 3.8) is 0 Å². The highest BCUT2D eigenvalue weighted by atomic mass is 35.5. The van der Waals surface area contributed by atoms with Crippen molar-refractivity contribution in [3.05, 3.63) is 29.3 Å². The molecule has 0 amide bonds. The Balaban J connectivity index is 2.07. The van der Waals surface area contributed by atoms with Crippen molar-refractivity contribution in [3.8, 4) is 17.2 Å². The van der Waals surface area contributed by atoms with Crippen molar-refractivity contribution in [2.75, 3.05) is 13.2 Å². The number of hydrogen-bond acceptors (Lipinski definition) is 4. The molecule has 0 spiro atoms. The average molecular weight is 294 g/mol. The van der Waals surface area contributed by atoms with Gasteiger partial charge in [-0.05, 0) is 23.7 Å². The topological polar surface area (TPSA) is 49.2 Å². The largest absolute Gasteiger partial charge is 0.490 e. The van der Waals surface area contributed by atoms with E-state index < -0.39 is 0 Å². The Morgan fingerprint density at radius 1 is 1.15 bits per heavy atom. The van der Waals surface area contributed by atoms with Crippen LogP contribution in [-0.4, -0.2) is 28.0 Å². The Bertz CT molecular complexity index is 625. The van der Waals surface area contributed by atoms with Gasteiger partial charge in [0.05, 0.1) is 18.9 Å². The van der Waals surface area contributed by atoms with Crippen LogP contribution in [0.25, 0.3) is 5.69 Å². The normalized spacial score (nSPS) is 14.4. The first-order chi connectivity index (χ1) is 9.66. The average Bonchev–Trinajstić information content (AvgIpc) is 2.68. The molecule has 1 aliphatic rings. The van der Waals surface area contributed by atoms with E-state index in [1.807, 2.05) is 22.8 Å². The monoisotopic (exact) mass is 293 g/mol. The second-order valence-corrected chi connectivity index (χ2v) is 5.34. The molecule has 0 unspecified atom stereocenters. The highest BCUT2D eigenvalue weighted by Crippen LogP contribution is 2.33. The zero-order chi connectivity index (χ0) is 14.1. The van der Waals surface area contributed by atoms with Crippen molar-refractivity contribution < 1.29 is 9.47 Å². The van der Waals surface area contributed by atoms with Gasteiger partial charge < -0.3 is 9.47 Å². The van der Waals surface area contributed by atoms with Gasteiger partial charge in [0, 0.05) is 18.4 Å². The van der Waals surface area contributed by atoms with Gasteiger partial charge in [-0.25, -0.2) is 0 Å². The summed E-state index contributed by atoms with van der Waals surface area (Å²) in [5.41, 5.74) is 0.882. The number of fused-ring (bicyclic) bond motifs is 1. The molecule has 20 heavy (non-hydrogen) atoms. The van der Waals surface area contributed by atoms with Gasteiger partial charge in [-0.3, -0.25) is 4.57 Å². The van der Waals surface area contributed by atoms with E-state index in [2.05, 4.69) is 24.0 Å². The number of halogens is 1. The maximum atomic E-state index is 6.16. The summed E-state index contributed by atoms with van der Waals surface area (Å²) in [6.45, 7) is 5.44. The molecular weight excluding hydrogens is 278 g/mol. The third-order valence-electron chi connectivity index (χ3n) is 3.15. The Kier molecular flexibility index (Phi) is 3.53. The second kappa shape index (κ2) is 5.32. The minimum Gasteiger partial charge on any atom is -0.490 e. The Hall–Kier alpha value is -1.75. The zero-order valence-corrected chi connectivity index (χ0v) is 12.2. The van der Waals surface area contributed by atoms with Crippen LogP contribution in [0.5, 0.6) is 11.5 Å². The zero-order valence-electron chi connectivity index (χ0n) is 11.5. The number of hydrogen-bond donors (Lipinski definition) is 0. The van der Waals surface area contributed by atoms with Gasteiger partial charge in [-0.15, -0.1) is 10.2 Å². The fraction of sp³-hybridized carbons (Fsp3) is 0.429. The molecule has 1 aromatic heterocycles. The first kappa shape index (κ1) is 13.2. The minimum atomic E-state index is 0.228. The lowest BCUT2D eigenvalue weighted by Gasteiger charge is -2.13. The van der Waals surface area contributed by atoms with E-state index >= 15 is 0 Å². The van der Waals surface area contributed by atoms with Gasteiger partial charge in [0.25, 0.3) is 0 Å². The predicted octanol–water partition coefficient (Wildman–Crippen LogP) is 3.21. The summed E-state index contributed by atoms with van der Waals surface area (Å²) < 4.78 is 13.2. The third kappa shape index (κ3) is 2.33. The summed E-state index contributed by atoms with van der Waals surface area (Å²) in [5.74, 6) is 2.55.